The number of fused-ring (bicyclic) bond motifs is 1. The summed E-state index contributed by atoms with van der Waals surface area (Å²) in [6.45, 7) is 0.976. The summed E-state index contributed by atoms with van der Waals surface area (Å²) >= 11 is 0. The van der Waals surface area contributed by atoms with Crippen LogP contribution in [0.5, 0.6) is 0 Å². The molecule has 0 bridgehead atoms. The van der Waals surface area contributed by atoms with Crippen molar-refractivity contribution in [3.8, 4) is 11.3 Å². The zero-order valence-corrected chi connectivity index (χ0v) is 12.2. The van der Waals surface area contributed by atoms with E-state index in [9.17, 15) is 5.11 Å². The zero-order chi connectivity index (χ0) is 14.9. The maximum absolute atomic E-state index is 9.54. The lowest BCUT2D eigenvalue weighted by Crippen LogP contribution is -2.06. The maximum Gasteiger partial charge on any atom is 0.180 e. The molecule has 0 aliphatic heterocycles. The van der Waals surface area contributed by atoms with Crippen molar-refractivity contribution in [2.75, 3.05) is 11.9 Å². The molecule has 5 heteroatoms. The van der Waals surface area contributed by atoms with Crippen molar-refractivity contribution in [1.82, 2.24) is 14.4 Å². The van der Waals surface area contributed by atoms with Crippen LogP contribution < -0.4 is 5.32 Å². The van der Waals surface area contributed by atoms with Gasteiger partial charge in [-0.15, -0.1) is 0 Å². The minimum absolute atomic E-state index is 0.0152. The largest absolute Gasteiger partial charge is 0.392 e. The van der Waals surface area contributed by atoms with Crippen LogP contribution in [0.3, 0.4) is 0 Å². The van der Waals surface area contributed by atoms with Crippen LogP contribution in [0.1, 0.15) is 18.4 Å². The average Bonchev–Trinajstić information content (AvgIpc) is 3.30. The monoisotopic (exact) mass is 294 g/mol. The fourth-order valence-corrected chi connectivity index (χ4v) is 2.71. The molecule has 0 spiro atoms. The van der Waals surface area contributed by atoms with E-state index in [1.54, 1.807) is 6.20 Å². The summed E-state index contributed by atoms with van der Waals surface area (Å²) < 4.78 is 2.02. The van der Waals surface area contributed by atoms with Gasteiger partial charge in [-0.3, -0.25) is 4.40 Å². The lowest BCUT2D eigenvalue weighted by Gasteiger charge is -2.09. The number of benzene rings is 1. The second kappa shape index (κ2) is 5.42. The van der Waals surface area contributed by atoms with Gasteiger partial charge < -0.3 is 10.4 Å². The van der Waals surface area contributed by atoms with Crippen LogP contribution in [0.25, 0.3) is 16.9 Å². The topological polar surface area (TPSA) is 62.5 Å². The van der Waals surface area contributed by atoms with E-state index >= 15 is 0 Å². The molecular weight excluding hydrogens is 276 g/mol. The van der Waals surface area contributed by atoms with Gasteiger partial charge in [0.15, 0.2) is 11.5 Å². The van der Waals surface area contributed by atoms with Crippen LogP contribution >= 0.6 is 0 Å². The Labute approximate surface area is 128 Å². The van der Waals surface area contributed by atoms with Gasteiger partial charge in [0.05, 0.1) is 18.5 Å². The van der Waals surface area contributed by atoms with Gasteiger partial charge in [0, 0.05) is 24.5 Å². The number of aromatic nitrogens is 3. The predicted octanol–water partition coefficient (Wildman–Crippen LogP) is 2.71. The average molecular weight is 294 g/mol. The fraction of sp³-hybridized carbons (Fsp3) is 0.294. The highest BCUT2D eigenvalue weighted by Crippen LogP contribution is 2.30. The highest BCUT2D eigenvalue weighted by Gasteiger charge is 2.21. The molecule has 1 aliphatic carbocycles. The Morgan fingerprint density at radius 1 is 1.23 bits per heavy atom. The second-order valence-electron chi connectivity index (χ2n) is 5.75. The summed E-state index contributed by atoms with van der Waals surface area (Å²) in [5, 5.41) is 12.9. The fourth-order valence-electron chi connectivity index (χ4n) is 2.71. The van der Waals surface area contributed by atoms with E-state index in [0.717, 1.165) is 40.7 Å². The summed E-state index contributed by atoms with van der Waals surface area (Å²) in [5.74, 6) is 1.61. The molecule has 3 aromatic rings. The summed E-state index contributed by atoms with van der Waals surface area (Å²) in [5.41, 5.74) is 3.69. The van der Waals surface area contributed by atoms with Crippen molar-refractivity contribution >= 4 is 11.5 Å². The molecule has 5 nitrogen and oxygen atoms in total. The molecule has 0 radical (unpaired) electrons. The number of aliphatic hydroxyl groups excluding tert-OH is 1. The van der Waals surface area contributed by atoms with Crippen LogP contribution in [0, 0.1) is 5.92 Å². The molecule has 2 heterocycles. The van der Waals surface area contributed by atoms with Crippen LogP contribution in [0.15, 0.2) is 42.9 Å². The Balaban J connectivity index is 1.77. The molecule has 1 fully saturated rings. The summed E-state index contributed by atoms with van der Waals surface area (Å²) in [6, 6.07) is 7.85. The van der Waals surface area contributed by atoms with Gasteiger partial charge in [0.2, 0.25) is 0 Å². The number of hydrogen-bond acceptors (Lipinski definition) is 4. The zero-order valence-electron chi connectivity index (χ0n) is 12.2. The Kier molecular flexibility index (Phi) is 3.27. The van der Waals surface area contributed by atoms with Gasteiger partial charge >= 0.3 is 0 Å². The minimum Gasteiger partial charge on any atom is -0.392 e. The molecule has 1 aromatic carbocycles. The van der Waals surface area contributed by atoms with Crippen LogP contribution in [0.2, 0.25) is 0 Å². The first-order valence-corrected chi connectivity index (χ1v) is 7.62. The molecule has 0 saturated heterocycles. The number of imidazole rings is 1. The SMILES string of the molecule is OCc1ccccc1-c1cnc2c(NCC3CC3)nccn12. The normalized spacial score (nSPS) is 14.4. The standard InChI is InChI=1S/C17H18N4O/c22-11-13-3-1-2-4-14(13)15-10-20-17-16(18-7-8-21(15)17)19-9-12-5-6-12/h1-4,7-8,10,12,22H,5-6,9,11H2,(H,18,19). The van der Waals surface area contributed by atoms with E-state index in [4.69, 9.17) is 0 Å². The highest BCUT2D eigenvalue weighted by atomic mass is 16.3. The quantitative estimate of drug-likeness (QED) is 0.759. The molecule has 22 heavy (non-hydrogen) atoms. The molecule has 0 unspecified atom stereocenters. The summed E-state index contributed by atoms with van der Waals surface area (Å²) in [6.07, 6.45) is 8.15. The van der Waals surface area contributed by atoms with Crippen molar-refractivity contribution in [3.63, 3.8) is 0 Å². The van der Waals surface area contributed by atoms with Gasteiger partial charge in [-0.25, -0.2) is 9.97 Å². The van der Waals surface area contributed by atoms with Crippen molar-refractivity contribution in [3.05, 3.63) is 48.4 Å². The highest BCUT2D eigenvalue weighted by molar-refractivity contribution is 5.72. The first kappa shape index (κ1) is 13.3. The van der Waals surface area contributed by atoms with E-state index in [1.807, 2.05) is 41.1 Å². The third-order valence-electron chi connectivity index (χ3n) is 4.15. The molecule has 1 saturated carbocycles. The molecule has 0 amide bonds. The van der Waals surface area contributed by atoms with Crippen LogP contribution in [-0.2, 0) is 6.61 Å². The maximum atomic E-state index is 9.54. The lowest BCUT2D eigenvalue weighted by atomic mass is 10.1. The Bertz CT molecular complexity index is 807. The lowest BCUT2D eigenvalue weighted by molar-refractivity contribution is 0.282. The van der Waals surface area contributed by atoms with E-state index in [-0.39, 0.29) is 6.61 Å². The smallest absolute Gasteiger partial charge is 0.180 e. The van der Waals surface area contributed by atoms with Crippen molar-refractivity contribution < 1.29 is 5.11 Å². The molecule has 112 valence electrons. The molecule has 1 aliphatic rings. The molecular formula is C17H18N4O. The number of nitrogens with zero attached hydrogens (tertiary/aromatic N) is 3. The number of nitrogens with one attached hydrogen (secondary N) is 1. The van der Waals surface area contributed by atoms with E-state index in [0.29, 0.717) is 0 Å². The van der Waals surface area contributed by atoms with Crippen molar-refractivity contribution in [2.45, 2.75) is 19.4 Å². The number of rotatable bonds is 5. The minimum atomic E-state index is 0.0152. The van der Waals surface area contributed by atoms with Crippen LogP contribution in [0.4, 0.5) is 5.82 Å². The molecule has 0 atom stereocenters. The number of anilines is 1. The first-order valence-electron chi connectivity index (χ1n) is 7.62. The number of hydrogen-bond donors (Lipinski definition) is 2. The molecule has 4 rings (SSSR count). The van der Waals surface area contributed by atoms with Crippen LogP contribution in [-0.4, -0.2) is 26.0 Å². The van der Waals surface area contributed by atoms with Gasteiger partial charge in [-0.1, -0.05) is 24.3 Å². The third-order valence-corrected chi connectivity index (χ3v) is 4.15. The molecule has 2 N–H and O–H groups in total. The second-order valence-corrected chi connectivity index (χ2v) is 5.75. The molecule has 2 aromatic heterocycles. The van der Waals surface area contributed by atoms with E-state index in [1.165, 1.54) is 12.8 Å². The van der Waals surface area contributed by atoms with Crippen molar-refractivity contribution in [2.24, 2.45) is 5.92 Å². The number of aliphatic hydroxyl groups is 1. The predicted molar refractivity (Wildman–Crippen MR) is 85.6 cm³/mol. The summed E-state index contributed by atoms with van der Waals surface area (Å²) in [4.78, 5) is 8.94. The van der Waals surface area contributed by atoms with Crippen molar-refractivity contribution in [1.29, 1.82) is 0 Å². The van der Waals surface area contributed by atoms with E-state index in [2.05, 4.69) is 15.3 Å². The van der Waals surface area contributed by atoms with Gasteiger partial charge in [-0.2, -0.15) is 0 Å². The first-order chi connectivity index (χ1) is 10.9. The Hall–Kier alpha value is -2.40. The van der Waals surface area contributed by atoms with Gasteiger partial charge in [0.1, 0.15) is 0 Å². The Morgan fingerprint density at radius 3 is 2.91 bits per heavy atom. The van der Waals surface area contributed by atoms with Gasteiger partial charge in [-0.05, 0) is 24.3 Å². The Morgan fingerprint density at radius 2 is 2.09 bits per heavy atom. The summed E-state index contributed by atoms with van der Waals surface area (Å²) in [7, 11) is 0. The van der Waals surface area contributed by atoms with Gasteiger partial charge in [0.25, 0.3) is 0 Å². The van der Waals surface area contributed by atoms with E-state index < -0.39 is 0 Å². The third kappa shape index (κ3) is 2.33.